The number of ketones is 1. The van der Waals surface area contributed by atoms with E-state index in [1.165, 1.54) is 12.8 Å². The molecule has 1 amide bonds. The molecule has 9 nitrogen and oxygen atoms in total. The molecular weight excluding hydrogens is 362 g/mol. The maximum absolute atomic E-state index is 12.9. The number of rotatable bonds is 8. The molecule has 9 heteroatoms. The highest BCUT2D eigenvalue weighted by Gasteiger charge is 2.29. The van der Waals surface area contributed by atoms with E-state index >= 15 is 0 Å². The quantitative estimate of drug-likeness (QED) is 0.724. The summed E-state index contributed by atoms with van der Waals surface area (Å²) in [5, 5.41) is 6.78. The number of hydrogen-bond acceptors (Lipinski definition) is 8. The summed E-state index contributed by atoms with van der Waals surface area (Å²) in [7, 11) is 0. The van der Waals surface area contributed by atoms with Gasteiger partial charge < -0.3 is 19.5 Å². The molecule has 1 saturated heterocycles. The summed E-state index contributed by atoms with van der Waals surface area (Å²) in [6, 6.07) is 3.33. The van der Waals surface area contributed by atoms with Crippen LogP contribution in [0.4, 0.5) is 5.69 Å². The molecule has 1 aliphatic carbocycles. The average Bonchev–Trinajstić information content (AvgIpc) is 3.38. The summed E-state index contributed by atoms with van der Waals surface area (Å²) in [5.41, 5.74) is 0.899. The van der Waals surface area contributed by atoms with Gasteiger partial charge in [0.2, 0.25) is 11.8 Å². The third-order valence-electron chi connectivity index (χ3n) is 4.74. The molecule has 0 bridgehead atoms. The van der Waals surface area contributed by atoms with Crippen molar-refractivity contribution in [1.82, 2.24) is 20.4 Å². The van der Waals surface area contributed by atoms with Crippen LogP contribution in [0, 0.1) is 12.8 Å². The van der Waals surface area contributed by atoms with E-state index in [0.29, 0.717) is 55.3 Å². The van der Waals surface area contributed by atoms with Crippen molar-refractivity contribution in [3.8, 4) is 5.88 Å². The Morgan fingerprint density at radius 2 is 2.14 bits per heavy atom. The number of ether oxygens (including phenoxy) is 1. The van der Waals surface area contributed by atoms with Gasteiger partial charge in [-0.15, -0.1) is 0 Å². The minimum Gasteiger partial charge on any atom is -0.477 e. The Morgan fingerprint density at radius 1 is 1.36 bits per heavy atom. The molecule has 4 rings (SSSR count). The van der Waals surface area contributed by atoms with E-state index in [4.69, 9.17) is 9.26 Å². The Kier molecular flexibility index (Phi) is 4.97. The lowest BCUT2D eigenvalue weighted by Gasteiger charge is -2.32. The number of hydrogen-bond donors (Lipinski definition) is 1. The van der Waals surface area contributed by atoms with Crippen LogP contribution < -0.4 is 15.0 Å². The van der Waals surface area contributed by atoms with Crippen molar-refractivity contribution in [2.75, 3.05) is 24.6 Å². The van der Waals surface area contributed by atoms with Crippen LogP contribution in [-0.2, 0) is 11.2 Å². The van der Waals surface area contributed by atoms with Gasteiger partial charge >= 0.3 is 0 Å². The number of pyridine rings is 1. The first-order valence-electron chi connectivity index (χ1n) is 9.48. The summed E-state index contributed by atoms with van der Waals surface area (Å²) in [4.78, 5) is 34.7. The maximum Gasteiger partial charge on any atom is 0.272 e. The van der Waals surface area contributed by atoms with Crippen molar-refractivity contribution in [2.24, 2.45) is 5.92 Å². The van der Waals surface area contributed by atoms with Crippen molar-refractivity contribution in [3.63, 3.8) is 0 Å². The molecule has 2 fully saturated rings. The predicted octanol–water partition coefficient (Wildman–Crippen LogP) is 1.31. The zero-order valence-electron chi connectivity index (χ0n) is 16.0. The Morgan fingerprint density at radius 3 is 2.79 bits per heavy atom. The van der Waals surface area contributed by atoms with Gasteiger partial charge in [0.25, 0.3) is 5.91 Å². The number of aromatic nitrogens is 3. The molecule has 3 heterocycles. The number of carbonyl (C=O) groups excluding carboxylic acids is 2. The highest BCUT2D eigenvalue weighted by Crippen LogP contribution is 2.30. The van der Waals surface area contributed by atoms with E-state index in [-0.39, 0.29) is 23.4 Å². The van der Waals surface area contributed by atoms with E-state index in [1.54, 1.807) is 19.1 Å². The zero-order valence-corrected chi connectivity index (χ0v) is 16.0. The van der Waals surface area contributed by atoms with Crippen molar-refractivity contribution < 1.29 is 18.8 Å². The Balaban J connectivity index is 1.47. The lowest BCUT2D eigenvalue weighted by molar-refractivity contribution is -0.119. The van der Waals surface area contributed by atoms with Gasteiger partial charge in [-0.05, 0) is 31.7 Å². The molecule has 28 heavy (non-hydrogen) atoms. The lowest BCUT2D eigenvalue weighted by Crippen LogP contribution is -2.48. The first-order chi connectivity index (χ1) is 13.5. The van der Waals surface area contributed by atoms with E-state index in [2.05, 4.69) is 20.4 Å². The smallest absolute Gasteiger partial charge is 0.272 e. The standard InChI is InChI=1S/C19H23N5O4/c1-11(7-16-21-12(2)28-23-16)20-19(26)18-15(24-8-14(25)9-24)5-6-17(22-18)27-10-13-3-4-13/h5-6,11,13H,3-4,7-10H2,1-2H3,(H,20,26). The van der Waals surface area contributed by atoms with E-state index in [1.807, 2.05) is 11.8 Å². The summed E-state index contributed by atoms with van der Waals surface area (Å²) < 4.78 is 10.7. The fraction of sp³-hybridized carbons (Fsp3) is 0.526. The number of aryl methyl sites for hydroxylation is 1. The Labute approximate surface area is 162 Å². The molecular formula is C19H23N5O4. The second-order valence-corrected chi connectivity index (χ2v) is 7.47. The summed E-state index contributed by atoms with van der Waals surface area (Å²) in [6.45, 7) is 4.79. The van der Waals surface area contributed by atoms with Crippen LogP contribution in [0.3, 0.4) is 0 Å². The number of nitrogens with one attached hydrogen (secondary N) is 1. The van der Waals surface area contributed by atoms with Crippen LogP contribution in [-0.4, -0.2) is 52.6 Å². The van der Waals surface area contributed by atoms with Gasteiger partial charge in [0, 0.05) is 25.5 Å². The molecule has 1 saturated carbocycles. The summed E-state index contributed by atoms with van der Waals surface area (Å²) in [6.07, 6.45) is 2.79. The molecule has 2 aromatic heterocycles. The number of carbonyl (C=O) groups is 2. The van der Waals surface area contributed by atoms with Crippen molar-refractivity contribution in [2.45, 2.75) is 39.2 Å². The minimum absolute atomic E-state index is 0.140. The predicted molar refractivity (Wildman–Crippen MR) is 99.3 cm³/mol. The highest BCUT2D eigenvalue weighted by molar-refractivity contribution is 6.02. The van der Waals surface area contributed by atoms with Crippen molar-refractivity contribution >= 4 is 17.4 Å². The number of amides is 1. The maximum atomic E-state index is 12.9. The first kappa shape index (κ1) is 18.4. The van der Waals surface area contributed by atoms with Gasteiger partial charge in [-0.2, -0.15) is 4.98 Å². The fourth-order valence-electron chi connectivity index (χ4n) is 3.02. The lowest BCUT2D eigenvalue weighted by atomic mass is 10.1. The minimum atomic E-state index is -0.320. The molecule has 1 N–H and O–H groups in total. The molecule has 0 radical (unpaired) electrons. The summed E-state index contributed by atoms with van der Waals surface area (Å²) in [5.74, 6) is 1.85. The van der Waals surface area contributed by atoms with Gasteiger partial charge in [-0.3, -0.25) is 9.59 Å². The van der Waals surface area contributed by atoms with E-state index in [9.17, 15) is 9.59 Å². The topological polar surface area (TPSA) is 110 Å². The van der Waals surface area contributed by atoms with Crippen LogP contribution in [0.25, 0.3) is 0 Å². The van der Waals surface area contributed by atoms with Gasteiger partial charge in [0.1, 0.15) is 0 Å². The van der Waals surface area contributed by atoms with Crippen LogP contribution in [0.5, 0.6) is 5.88 Å². The van der Waals surface area contributed by atoms with Crippen molar-refractivity contribution in [3.05, 3.63) is 29.5 Å². The second kappa shape index (κ2) is 7.57. The molecule has 0 aromatic carbocycles. The Bertz CT molecular complexity index is 884. The molecule has 148 valence electrons. The van der Waals surface area contributed by atoms with Gasteiger partial charge in [0.15, 0.2) is 17.3 Å². The third kappa shape index (κ3) is 4.29. The van der Waals surface area contributed by atoms with Gasteiger partial charge in [-0.25, -0.2) is 4.98 Å². The number of nitrogens with zero attached hydrogens (tertiary/aromatic N) is 4. The van der Waals surface area contributed by atoms with Crippen LogP contribution in [0.2, 0.25) is 0 Å². The highest BCUT2D eigenvalue weighted by atomic mass is 16.5. The normalized spacial score (nSPS) is 17.2. The monoisotopic (exact) mass is 385 g/mol. The molecule has 2 aromatic rings. The van der Waals surface area contributed by atoms with Crippen LogP contribution >= 0.6 is 0 Å². The molecule has 1 aliphatic heterocycles. The molecule has 1 atom stereocenters. The SMILES string of the molecule is Cc1nc(CC(C)NC(=O)c2nc(OCC3CC3)ccc2N2CC(=O)C2)no1. The molecule has 1 unspecified atom stereocenters. The molecule has 0 spiro atoms. The molecule has 2 aliphatic rings. The summed E-state index contributed by atoms with van der Waals surface area (Å²) >= 11 is 0. The average molecular weight is 385 g/mol. The van der Waals surface area contributed by atoms with Gasteiger partial charge in [-0.1, -0.05) is 5.16 Å². The fourth-order valence-corrected chi connectivity index (χ4v) is 3.02. The van der Waals surface area contributed by atoms with E-state index < -0.39 is 0 Å². The first-order valence-corrected chi connectivity index (χ1v) is 9.48. The Hall–Kier alpha value is -2.97. The zero-order chi connectivity index (χ0) is 19.7. The van der Waals surface area contributed by atoms with E-state index in [0.717, 1.165) is 0 Å². The second-order valence-electron chi connectivity index (χ2n) is 7.47. The van der Waals surface area contributed by atoms with Crippen LogP contribution in [0.1, 0.15) is 42.0 Å². The number of anilines is 1. The third-order valence-corrected chi connectivity index (χ3v) is 4.74. The number of Topliss-reactive ketones (excluding diaryl/α,β-unsaturated/α-hetero) is 1. The van der Waals surface area contributed by atoms with Gasteiger partial charge in [0.05, 0.1) is 25.4 Å². The van der Waals surface area contributed by atoms with Crippen molar-refractivity contribution in [1.29, 1.82) is 0 Å². The van der Waals surface area contributed by atoms with Crippen LogP contribution in [0.15, 0.2) is 16.7 Å². The largest absolute Gasteiger partial charge is 0.477 e.